The van der Waals surface area contributed by atoms with Crippen molar-refractivity contribution in [2.45, 2.75) is 38.9 Å². The van der Waals surface area contributed by atoms with Crippen molar-refractivity contribution in [3.05, 3.63) is 47.8 Å². The highest BCUT2D eigenvalue weighted by Gasteiger charge is 2.21. The number of H-pyrrole nitrogens is 1. The molecule has 9 nitrogen and oxygen atoms in total. The van der Waals surface area contributed by atoms with Gasteiger partial charge in [0.2, 0.25) is 0 Å². The minimum absolute atomic E-state index is 0. The van der Waals surface area contributed by atoms with E-state index in [4.69, 9.17) is 0 Å². The minimum Gasteiger partial charge on any atom is -0.352 e. The van der Waals surface area contributed by atoms with Crippen molar-refractivity contribution in [1.82, 2.24) is 40.6 Å². The van der Waals surface area contributed by atoms with Gasteiger partial charge in [-0.15, -0.1) is 24.0 Å². The Hall–Kier alpha value is -2.50. The second-order valence-electron chi connectivity index (χ2n) is 6.60. The van der Waals surface area contributed by atoms with Crippen LogP contribution in [-0.2, 0) is 19.5 Å². The number of rotatable bonds is 4. The molecule has 1 atom stereocenters. The zero-order valence-electron chi connectivity index (χ0n) is 15.9. The highest BCUT2D eigenvalue weighted by molar-refractivity contribution is 14.0. The third kappa shape index (κ3) is 4.66. The molecule has 148 valence electrons. The molecule has 28 heavy (non-hydrogen) atoms. The summed E-state index contributed by atoms with van der Waals surface area (Å²) < 4.78 is 1.99. The second kappa shape index (κ2) is 9.13. The summed E-state index contributed by atoms with van der Waals surface area (Å²) in [5.41, 5.74) is 2.15. The van der Waals surface area contributed by atoms with E-state index in [1.165, 1.54) is 6.33 Å². The lowest BCUT2D eigenvalue weighted by molar-refractivity contribution is 0.392. The van der Waals surface area contributed by atoms with Crippen LogP contribution >= 0.6 is 24.0 Å². The maximum absolute atomic E-state index is 4.46. The van der Waals surface area contributed by atoms with Crippen molar-refractivity contribution in [3.8, 4) is 11.4 Å². The van der Waals surface area contributed by atoms with E-state index in [1.54, 1.807) is 7.05 Å². The van der Waals surface area contributed by atoms with Gasteiger partial charge < -0.3 is 10.6 Å². The first kappa shape index (κ1) is 20.2. The molecule has 1 unspecified atom stereocenters. The van der Waals surface area contributed by atoms with Gasteiger partial charge in [-0.2, -0.15) is 10.2 Å². The van der Waals surface area contributed by atoms with Gasteiger partial charge >= 0.3 is 0 Å². The van der Waals surface area contributed by atoms with Gasteiger partial charge in [-0.1, -0.05) is 18.2 Å². The van der Waals surface area contributed by atoms with Crippen molar-refractivity contribution in [2.75, 3.05) is 7.05 Å². The summed E-state index contributed by atoms with van der Waals surface area (Å²) in [5.74, 6) is 3.45. The maximum atomic E-state index is 4.46. The van der Waals surface area contributed by atoms with Crippen molar-refractivity contribution in [1.29, 1.82) is 0 Å². The summed E-state index contributed by atoms with van der Waals surface area (Å²) in [4.78, 5) is 13.0. The van der Waals surface area contributed by atoms with Gasteiger partial charge in [-0.25, -0.2) is 14.6 Å². The van der Waals surface area contributed by atoms with E-state index >= 15 is 0 Å². The fourth-order valence-corrected chi connectivity index (χ4v) is 3.30. The third-order valence-corrected chi connectivity index (χ3v) is 4.60. The number of benzene rings is 1. The van der Waals surface area contributed by atoms with E-state index in [0.717, 1.165) is 53.9 Å². The number of aromatic nitrogens is 6. The van der Waals surface area contributed by atoms with E-state index in [9.17, 15) is 0 Å². The fraction of sp³-hybridized carbons (Fsp3) is 0.389. The van der Waals surface area contributed by atoms with Gasteiger partial charge in [0.15, 0.2) is 11.8 Å². The van der Waals surface area contributed by atoms with Crippen molar-refractivity contribution in [3.63, 3.8) is 0 Å². The first-order valence-electron chi connectivity index (χ1n) is 9.03. The Kier molecular flexibility index (Phi) is 6.60. The predicted molar refractivity (Wildman–Crippen MR) is 117 cm³/mol. The van der Waals surface area contributed by atoms with Gasteiger partial charge in [0, 0.05) is 31.6 Å². The van der Waals surface area contributed by atoms with Crippen LogP contribution in [0.4, 0.5) is 0 Å². The van der Waals surface area contributed by atoms with Gasteiger partial charge in [0.25, 0.3) is 0 Å². The van der Waals surface area contributed by atoms with Gasteiger partial charge in [-0.3, -0.25) is 10.1 Å². The highest BCUT2D eigenvalue weighted by atomic mass is 127. The number of aromatic amines is 1. The molecule has 3 aromatic rings. The van der Waals surface area contributed by atoms with Crippen LogP contribution in [0.3, 0.4) is 0 Å². The van der Waals surface area contributed by atoms with Crippen molar-refractivity contribution < 1.29 is 0 Å². The number of fused-ring (bicyclic) bond motifs is 1. The molecule has 10 heteroatoms. The van der Waals surface area contributed by atoms with Crippen LogP contribution < -0.4 is 10.6 Å². The first-order chi connectivity index (χ1) is 13.2. The predicted octanol–water partition coefficient (Wildman–Crippen LogP) is 1.67. The molecule has 1 aliphatic rings. The quantitative estimate of drug-likeness (QED) is 0.290. The van der Waals surface area contributed by atoms with E-state index < -0.39 is 0 Å². The van der Waals surface area contributed by atoms with Crippen molar-refractivity contribution in [2.24, 2.45) is 4.99 Å². The number of aryl methyl sites for hydroxylation is 2. The van der Waals surface area contributed by atoms with Gasteiger partial charge in [0.05, 0.1) is 6.54 Å². The molecule has 0 bridgehead atoms. The summed E-state index contributed by atoms with van der Waals surface area (Å²) in [7, 11) is 1.79. The number of nitrogens with one attached hydrogen (secondary N) is 3. The Morgan fingerprint density at radius 2 is 2.29 bits per heavy atom. The Bertz CT molecular complexity index is 932. The maximum Gasteiger partial charge on any atom is 0.191 e. The number of halogens is 1. The van der Waals surface area contributed by atoms with Crippen LogP contribution in [0.5, 0.6) is 0 Å². The summed E-state index contributed by atoms with van der Waals surface area (Å²) in [5, 5.41) is 18.1. The molecule has 0 saturated carbocycles. The molecular weight excluding hydrogens is 469 g/mol. The smallest absolute Gasteiger partial charge is 0.191 e. The summed E-state index contributed by atoms with van der Waals surface area (Å²) >= 11 is 0. The Morgan fingerprint density at radius 3 is 3.07 bits per heavy atom. The number of hydrogen-bond acceptors (Lipinski definition) is 5. The van der Waals surface area contributed by atoms with E-state index in [0.29, 0.717) is 6.54 Å². The molecule has 0 spiro atoms. The summed E-state index contributed by atoms with van der Waals surface area (Å²) in [6.45, 7) is 3.40. The Balaban J connectivity index is 0.00000225. The molecule has 4 rings (SSSR count). The summed E-state index contributed by atoms with van der Waals surface area (Å²) in [6, 6.07) is 8.47. The Labute approximate surface area is 180 Å². The molecule has 2 aromatic heterocycles. The van der Waals surface area contributed by atoms with Gasteiger partial charge in [0.1, 0.15) is 18.0 Å². The zero-order valence-corrected chi connectivity index (χ0v) is 18.2. The normalized spacial score (nSPS) is 16.2. The van der Waals surface area contributed by atoms with Crippen LogP contribution in [-0.4, -0.2) is 49.0 Å². The topological polar surface area (TPSA) is 109 Å². The van der Waals surface area contributed by atoms with Crippen LogP contribution in [0.25, 0.3) is 11.4 Å². The van der Waals surface area contributed by atoms with Crippen LogP contribution in [0.1, 0.15) is 23.6 Å². The molecule has 0 saturated heterocycles. The van der Waals surface area contributed by atoms with Crippen LogP contribution in [0, 0.1) is 6.92 Å². The lowest BCUT2D eigenvalue weighted by Gasteiger charge is -2.25. The standard InChI is InChI=1S/C18H23N9.HI/c1-12-23-16-7-6-15(10-27(16)26-12)24-18(19-2)20-9-13-4-3-5-14(8-13)17-21-11-22-25-17;/h3-5,8,11,15H,6-7,9-10H2,1-2H3,(H2,19,20,24)(H,21,22,25);1H. The average Bonchev–Trinajstić information content (AvgIpc) is 3.34. The lowest BCUT2D eigenvalue weighted by Crippen LogP contribution is -2.46. The minimum atomic E-state index is 0. The molecule has 1 aliphatic heterocycles. The van der Waals surface area contributed by atoms with E-state index in [2.05, 4.69) is 53.0 Å². The number of hydrogen-bond donors (Lipinski definition) is 3. The van der Waals surface area contributed by atoms with Crippen molar-refractivity contribution >= 4 is 29.9 Å². The molecule has 0 radical (unpaired) electrons. The number of guanidine groups is 1. The molecule has 0 aliphatic carbocycles. The number of nitrogens with zero attached hydrogens (tertiary/aromatic N) is 6. The average molecular weight is 493 g/mol. The largest absolute Gasteiger partial charge is 0.352 e. The van der Waals surface area contributed by atoms with Crippen LogP contribution in [0.2, 0.25) is 0 Å². The molecule has 3 N–H and O–H groups in total. The van der Waals surface area contributed by atoms with Gasteiger partial charge in [-0.05, 0) is 25.0 Å². The SMILES string of the molecule is CN=C(NCc1cccc(-c2ncn[nH]2)c1)NC1CCc2nc(C)nn2C1.I. The second-order valence-corrected chi connectivity index (χ2v) is 6.60. The molecular formula is C18H24IN9. The van der Waals surface area contributed by atoms with Crippen LogP contribution in [0.15, 0.2) is 35.6 Å². The fourth-order valence-electron chi connectivity index (χ4n) is 3.30. The third-order valence-electron chi connectivity index (χ3n) is 4.60. The highest BCUT2D eigenvalue weighted by Crippen LogP contribution is 2.15. The molecule has 0 amide bonds. The molecule has 0 fully saturated rings. The number of aliphatic imine (C=N–C) groups is 1. The molecule has 3 heterocycles. The first-order valence-corrected chi connectivity index (χ1v) is 9.03. The van der Waals surface area contributed by atoms with E-state index in [-0.39, 0.29) is 30.0 Å². The Morgan fingerprint density at radius 1 is 1.39 bits per heavy atom. The molecule has 1 aromatic carbocycles. The summed E-state index contributed by atoms with van der Waals surface area (Å²) in [6.07, 6.45) is 3.45. The monoisotopic (exact) mass is 493 g/mol. The van der Waals surface area contributed by atoms with E-state index in [1.807, 2.05) is 23.7 Å². The lowest BCUT2D eigenvalue weighted by atomic mass is 10.1. The zero-order chi connectivity index (χ0) is 18.6.